The Morgan fingerprint density at radius 1 is 0.882 bits per heavy atom. The minimum absolute atomic E-state index is 0.130. The highest BCUT2D eigenvalue weighted by molar-refractivity contribution is 9.10. The van der Waals surface area contributed by atoms with Crippen LogP contribution in [0, 0.1) is 17.8 Å². The van der Waals surface area contributed by atoms with Crippen molar-refractivity contribution in [1.29, 1.82) is 0 Å². The molecular formula is C27H27Br2N3O2. The van der Waals surface area contributed by atoms with Crippen LogP contribution in [0.2, 0.25) is 0 Å². The summed E-state index contributed by atoms with van der Waals surface area (Å²) in [6, 6.07) is 15.6. The van der Waals surface area contributed by atoms with E-state index in [1.165, 1.54) is 19.3 Å². The van der Waals surface area contributed by atoms with Gasteiger partial charge in [-0.05, 0) is 98.2 Å². The quantitative estimate of drug-likeness (QED) is 0.405. The molecule has 1 heterocycles. The first-order chi connectivity index (χ1) is 16.4. The minimum atomic E-state index is -0.276. The molecule has 7 heteroatoms. The van der Waals surface area contributed by atoms with Crippen molar-refractivity contribution in [3.8, 4) is 5.69 Å². The fourth-order valence-electron chi connectivity index (χ4n) is 6.96. The van der Waals surface area contributed by atoms with Gasteiger partial charge in [0, 0.05) is 20.7 Å². The van der Waals surface area contributed by atoms with Crippen LogP contribution in [0.15, 0.2) is 68.5 Å². The van der Waals surface area contributed by atoms with Crippen molar-refractivity contribution in [3.05, 3.63) is 85.2 Å². The van der Waals surface area contributed by atoms with Crippen molar-refractivity contribution in [1.82, 2.24) is 14.7 Å². The van der Waals surface area contributed by atoms with Crippen LogP contribution in [-0.4, -0.2) is 20.8 Å². The second kappa shape index (κ2) is 8.52. The molecule has 0 radical (unpaired) electrons. The Morgan fingerprint density at radius 2 is 1.41 bits per heavy atom. The summed E-state index contributed by atoms with van der Waals surface area (Å²) < 4.78 is 5.41. The number of nitrogens with one attached hydrogen (secondary N) is 1. The molecule has 0 unspecified atom stereocenters. The zero-order chi connectivity index (χ0) is 23.4. The molecule has 0 aliphatic heterocycles. The number of amides is 1. The number of halogens is 2. The van der Waals surface area contributed by atoms with Gasteiger partial charge in [-0.1, -0.05) is 44.0 Å². The predicted molar refractivity (Wildman–Crippen MR) is 139 cm³/mol. The maximum absolute atomic E-state index is 13.6. The van der Waals surface area contributed by atoms with Crippen LogP contribution >= 0.6 is 31.9 Å². The van der Waals surface area contributed by atoms with Crippen LogP contribution in [0.3, 0.4) is 0 Å². The first-order valence-corrected chi connectivity index (χ1v) is 13.6. The average molecular weight is 585 g/mol. The standard InChI is InChI=1S/C27H27Br2N3O2/c28-21-3-1-17(2-4-21)15-31-16-24(26(34)32(31)23-7-5-22(29)6-8-23)25(33)30-27-12-18-9-19(13-27)11-20(10-18)14-27/h1-8,16,18-20H,9-15H2,(H,30,33). The summed E-state index contributed by atoms with van der Waals surface area (Å²) in [6.07, 6.45) is 8.85. The van der Waals surface area contributed by atoms with Gasteiger partial charge in [0.2, 0.25) is 0 Å². The topological polar surface area (TPSA) is 56.0 Å². The number of rotatable bonds is 5. The molecule has 0 atom stereocenters. The molecule has 5 nitrogen and oxygen atoms in total. The summed E-state index contributed by atoms with van der Waals surface area (Å²) >= 11 is 6.95. The number of hydrogen-bond donors (Lipinski definition) is 1. The van der Waals surface area contributed by atoms with E-state index in [0.29, 0.717) is 6.54 Å². The molecule has 0 spiro atoms. The van der Waals surface area contributed by atoms with Crippen molar-refractivity contribution in [2.75, 3.05) is 0 Å². The normalized spacial score (nSPS) is 27.2. The Bertz CT molecular complexity index is 1260. The Morgan fingerprint density at radius 3 is 1.97 bits per heavy atom. The lowest BCUT2D eigenvalue weighted by Gasteiger charge is -2.56. The molecule has 34 heavy (non-hydrogen) atoms. The van der Waals surface area contributed by atoms with Crippen LogP contribution in [0.5, 0.6) is 0 Å². The second-order valence-corrected chi connectivity index (χ2v) is 12.3. The third kappa shape index (κ3) is 4.11. The van der Waals surface area contributed by atoms with Crippen LogP contribution in [-0.2, 0) is 6.54 Å². The number of carbonyl (C=O) groups excluding carboxylic acids is 1. The largest absolute Gasteiger partial charge is 0.346 e. The third-order valence-electron chi connectivity index (χ3n) is 7.95. The summed E-state index contributed by atoms with van der Waals surface area (Å²) in [7, 11) is 0. The zero-order valence-electron chi connectivity index (χ0n) is 18.8. The number of benzene rings is 2. The molecule has 7 rings (SSSR count). The van der Waals surface area contributed by atoms with E-state index in [4.69, 9.17) is 0 Å². The lowest BCUT2D eigenvalue weighted by molar-refractivity contribution is -0.0167. The van der Waals surface area contributed by atoms with Crippen LogP contribution in [0.1, 0.15) is 54.4 Å². The summed E-state index contributed by atoms with van der Waals surface area (Å²) in [5, 5.41) is 3.37. The zero-order valence-corrected chi connectivity index (χ0v) is 22.0. The van der Waals surface area contributed by atoms with Crippen molar-refractivity contribution < 1.29 is 4.79 Å². The lowest BCUT2D eigenvalue weighted by Crippen LogP contribution is -2.60. The van der Waals surface area contributed by atoms with E-state index in [-0.39, 0.29) is 22.6 Å². The van der Waals surface area contributed by atoms with Gasteiger partial charge in [0.1, 0.15) is 5.56 Å². The number of aromatic nitrogens is 2. The van der Waals surface area contributed by atoms with E-state index < -0.39 is 0 Å². The Kier molecular flexibility index (Phi) is 5.60. The van der Waals surface area contributed by atoms with Crippen LogP contribution < -0.4 is 10.9 Å². The summed E-state index contributed by atoms with van der Waals surface area (Å²) in [6.45, 7) is 0.489. The summed E-state index contributed by atoms with van der Waals surface area (Å²) in [5.74, 6) is 1.96. The van der Waals surface area contributed by atoms with E-state index in [9.17, 15) is 9.59 Å². The molecule has 4 saturated carbocycles. The van der Waals surface area contributed by atoms with Gasteiger partial charge in [-0.15, -0.1) is 0 Å². The Hall–Kier alpha value is -2.12. The van der Waals surface area contributed by atoms with Crippen LogP contribution in [0.25, 0.3) is 5.69 Å². The molecule has 3 aromatic rings. The van der Waals surface area contributed by atoms with Gasteiger partial charge in [0.15, 0.2) is 0 Å². The molecule has 176 valence electrons. The number of nitrogens with zero attached hydrogens (tertiary/aromatic N) is 2. The Labute approximate surface area is 215 Å². The summed E-state index contributed by atoms with van der Waals surface area (Å²) in [5.41, 5.74) is 1.60. The predicted octanol–water partition coefficient (Wildman–Crippen LogP) is 5.91. The van der Waals surface area contributed by atoms with Gasteiger partial charge < -0.3 is 5.32 Å². The van der Waals surface area contributed by atoms with Gasteiger partial charge >= 0.3 is 0 Å². The van der Waals surface area contributed by atoms with Gasteiger partial charge in [-0.3, -0.25) is 14.3 Å². The highest BCUT2D eigenvalue weighted by Crippen LogP contribution is 2.55. The third-order valence-corrected chi connectivity index (χ3v) is 9.01. The SMILES string of the molecule is O=C(NC12CC3CC(CC(C3)C1)C2)c1cn(Cc2ccc(Br)cc2)n(-c2ccc(Br)cc2)c1=O. The fourth-order valence-corrected chi connectivity index (χ4v) is 7.49. The molecule has 0 saturated heterocycles. The molecule has 4 aliphatic carbocycles. The van der Waals surface area contributed by atoms with Crippen molar-refractivity contribution >= 4 is 37.8 Å². The van der Waals surface area contributed by atoms with Gasteiger partial charge in [0.05, 0.1) is 12.2 Å². The lowest BCUT2D eigenvalue weighted by atomic mass is 9.53. The van der Waals surface area contributed by atoms with Crippen LogP contribution in [0.4, 0.5) is 0 Å². The van der Waals surface area contributed by atoms with E-state index >= 15 is 0 Å². The van der Waals surface area contributed by atoms with E-state index in [2.05, 4.69) is 37.2 Å². The molecular weight excluding hydrogens is 558 g/mol. The second-order valence-electron chi connectivity index (χ2n) is 10.5. The molecule has 2 aromatic carbocycles. The molecule has 4 fully saturated rings. The highest BCUT2D eigenvalue weighted by atomic mass is 79.9. The van der Waals surface area contributed by atoms with Crippen molar-refractivity contribution in [2.24, 2.45) is 17.8 Å². The average Bonchev–Trinajstić information content (AvgIpc) is 3.10. The monoisotopic (exact) mass is 583 g/mol. The molecule has 4 aliphatic rings. The first-order valence-electron chi connectivity index (χ1n) is 12.0. The first kappa shape index (κ1) is 22.4. The van der Waals surface area contributed by atoms with E-state index in [1.807, 2.05) is 53.2 Å². The Balaban J connectivity index is 1.35. The highest BCUT2D eigenvalue weighted by Gasteiger charge is 2.51. The smallest absolute Gasteiger partial charge is 0.284 e. The van der Waals surface area contributed by atoms with Gasteiger partial charge in [-0.2, -0.15) is 0 Å². The summed E-state index contributed by atoms with van der Waals surface area (Å²) in [4.78, 5) is 27.2. The van der Waals surface area contributed by atoms with E-state index in [1.54, 1.807) is 10.9 Å². The molecule has 1 aromatic heterocycles. The molecule has 1 N–H and O–H groups in total. The van der Waals surface area contributed by atoms with Crippen molar-refractivity contribution in [3.63, 3.8) is 0 Å². The molecule has 1 amide bonds. The van der Waals surface area contributed by atoms with Gasteiger partial charge in [0.25, 0.3) is 11.5 Å². The maximum atomic E-state index is 13.6. The fraction of sp³-hybridized carbons (Fsp3) is 0.407. The van der Waals surface area contributed by atoms with Gasteiger partial charge in [-0.25, -0.2) is 4.68 Å². The maximum Gasteiger partial charge on any atom is 0.284 e. The number of hydrogen-bond acceptors (Lipinski definition) is 2. The van der Waals surface area contributed by atoms with Crippen molar-refractivity contribution in [2.45, 2.75) is 50.6 Å². The minimum Gasteiger partial charge on any atom is -0.346 e. The number of carbonyl (C=O) groups is 1. The van der Waals surface area contributed by atoms with E-state index in [0.717, 1.165) is 57.2 Å². The molecule has 4 bridgehead atoms.